The standard InChI is InChI=1S/C11H14Cl2N2/c1-2-4-8-9(12)14-11(15-10(8)13)7-5-3-6-7/h7H,2-6H2,1H3. The van der Waals surface area contributed by atoms with E-state index in [1.165, 1.54) is 19.3 Å². The maximum absolute atomic E-state index is 6.10. The summed E-state index contributed by atoms with van der Waals surface area (Å²) in [5, 5.41) is 1.08. The Bertz CT molecular complexity index is 339. The lowest BCUT2D eigenvalue weighted by Crippen LogP contribution is -2.13. The van der Waals surface area contributed by atoms with Gasteiger partial charge in [0, 0.05) is 11.5 Å². The number of rotatable bonds is 3. The summed E-state index contributed by atoms with van der Waals surface area (Å²) in [7, 11) is 0. The van der Waals surface area contributed by atoms with Gasteiger partial charge in [-0.15, -0.1) is 0 Å². The second kappa shape index (κ2) is 4.67. The summed E-state index contributed by atoms with van der Waals surface area (Å²) >= 11 is 12.2. The number of aromatic nitrogens is 2. The van der Waals surface area contributed by atoms with Gasteiger partial charge in [0.25, 0.3) is 0 Å². The first-order chi connectivity index (χ1) is 7.22. The van der Waals surface area contributed by atoms with Crippen LogP contribution in [-0.2, 0) is 6.42 Å². The molecule has 2 nitrogen and oxygen atoms in total. The van der Waals surface area contributed by atoms with Gasteiger partial charge in [-0.05, 0) is 19.3 Å². The van der Waals surface area contributed by atoms with E-state index in [0.29, 0.717) is 16.2 Å². The smallest absolute Gasteiger partial charge is 0.137 e. The molecule has 15 heavy (non-hydrogen) atoms. The molecular weight excluding hydrogens is 231 g/mol. The fourth-order valence-corrected chi connectivity index (χ4v) is 2.34. The Balaban J connectivity index is 2.29. The summed E-state index contributed by atoms with van der Waals surface area (Å²) in [5.41, 5.74) is 0.893. The highest BCUT2D eigenvalue weighted by Crippen LogP contribution is 2.36. The van der Waals surface area contributed by atoms with Gasteiger partial charge in [0.1, 0.15) is 16.1 Å². The normalized spacial score (nSPS) is 16.5. The van der Waals surface area contributed by atoms with Crippen molar-refractivity contribution in [2.24, 2.45) is 0 Å². The van der Waals surface area contributed by atoms with Crippen molar-refractivity contribution in [3.8, 4) is 0 Å². The van der Waals surface area contributed by atoms with E-state index >= 15 is 0 Å². The Morgan fingerprint density at radius 3 is 2.20 bits per heavy atom. The van der Waals surface area contributed by atoms with E-state index in [9.17, 15) is 0 Å². The molecule has 0 amide bonds. The molecule has 0 N–H and O–H groups in total. The van der Waals surface area contributed by atoms with Crippen molar-refractivity contribution < 1.29 is 0 Å². The topological polar surface area (TPSA) is 25.8 Å². The van der Waals surface area contributed by atoms with Gasteiger partial charge >= 0.3 is 0 Å². The lowest BCUT2D eigenvalue weighted by atomic mass is 9.85. The number of nitrogens with zero attached hydrogens (tertiary/aromatic N) is 2. The third-order valence-corrected chi connectivity index (χ3v) is 3.52. The minimum atomic E-state index is 0.482. The second-order valence-electron chi connectivity index (χ2n) is 4.02. The average molecular weight is 245 g/mol. The predicted octanol–water partition coefficient (Wildman–Crippen LogP) is 4.00. The molecule has 82 valence electrons. The van der Waals surface area contributed by atoms with Crippen LogP contribution in [0.5, 0.6) is 0 Å². The molecule has 1 aliphatic carbocycles. The SMILES string of the molecule is CCCc1c(Cl)nc(C2CCC2)nc1Cl. The molecule has 1 aromatic rings. The molecule has 1 aromatic heterocycles. The van der Waals surface area contributed by atoms with Gasteiger partial charge in [0.2, 0.25) is 0 Å². The summed E-state index contributed by atoms with van der Waals surface area (Å²) in [4.78, 5) is 8.69. The first-order valence-electron chi connectivity index (χ1n) is 5.44. The Morgan fingerprint density at radius 2 is 1.80 bits per heavy atom. The van der Waals surface area contributed by atoms with Gasteiger partial charge in [-0.25, -0.2) is 9.97 Å². The Hall–Kier alpha value is -0.340. The van der Waals surface area contributed by atoms with Gasteiger partial charge in [-0.3, -0.25) is 0 Å². The van der Waals surface area contributed by atoms with Gasteiger partial charge in [0.15, 0.2) is 0 Å². The minimum Gasteiger partial charge on any atom is -0.221 e. The van der Waals surface area contributed by atoms with Gasteiger partial charge in [-0.1, -0.05) is 43.0 Å². The molecule has 0 aromatic carbocycles. The van der Waals surface area contributed by atoms with E-state index in [0.717, 1.165) is 24.2 Å². The number of halogens is 2. The monoisotopic (exact) mass is 244 g/mol. The van der Waals surface area contributed by atoms with E-state index in [1.807, 2.05) is 0 Å². The van der Waals surface area contributed by atoms with E-state index in [1.54, 1.807) is 0 Å². The largest absolute Gasteiger partial charge is 0.221 e. The lowest BCUT2D eigenvalue weighted by Gasteiger charge is -2.24. The summed E-state index contributed by atoms with van der Waals surface area (Å²) in [6.07, 6.45) is 5.45. The van der Waals surface area contributed by atoms with E-state index in [-0.39, 0.29) is 0 Å². The van der Waals surface area contributed by atoms with Crippen LogP contribution in [0.4, 0.5) is 0 Å². The molecule has 0 unspecified atom stereocenters. The van der Waals surface area contributed by atoms with Crippen molar-refractivity contribution in [3.63, 3.8) is 0 Å². The zero-order valence-corrected chi connectivity index (χ0v) is 10.3. The quantitative estimate of drug-likeness (QED) is 0.752. The third-order valence-electron chi connectivity index (χ3n) is 2.89. The van der Waals surface area contributed by atoms with E-state index in [4.69, 9.17) is 23.2 Å². The molecule has 1 heterocycles. The summed E-state index contributed by atoms with van der Waals surface area (Å²) < 4.78 is 0. The molecule has 0 bridgehead atoms. The minimum absolute atomic E-state index is 0.482. The third kappa shape index (κ3) is 2.26. The van der Waals surface area contributed by atoms with Crippen LogP contribution in [-0.4, -0.2) is 9.97 Å². The molecule has 1 fully saturated rings. The molecule has 4 heteroatoms. The maximum Gasteiger partial charge on any atom is 0.137 e. The molecule has 2 rings (SSSR count). The number of hydrogen-bond donors (Lipinski definition) is 0. The lowest BCUT2D eigenvalue weighted by molar-refractivity contribution is 0.401. The van der Waals surface area contributed by atoms with Crippen LogP contribution in [0.25, 0.3) is 0 Å². The van der Waals surface area contributed by atoms with Gasteiger partial charge in [0.05, 0.1) is 0 Å². The van der Waals surface area contributed by atoms with Crippen molar-refractivity contribution in [2.45, 2.75) is 44.9 Å². The second-order valence-corrected chi connectivity index (χ2v) is 4.74. The van der Waals surface area contributed by atoms with Crippen LogP contribution >= 0.6 is 23.2 Å². The van der Waals surface area contributed by atoms with Crippen molar-refractivity contribution in [2.75, 3.05) is 0 Å². The van der Waals surface area contributed by atoms with Crippen LogP contribution in [0.3, 0.4) is 0 Å². The summed E-state index contributed by atoms with van der Waals surface area (Å²) in [6, 6.07) is 0. The maximum atomic E-state index is 6.10. The van der Waals surface area contributed by atoms with Gasteiger partial charge < -0.3 is 0 Å². The number of hydrogen-bond acceptors (Lipinski definition) is 2. The molecule has 0 atom stereocenters. The van der Waals surface area contributed by atoms with Crippen molar-refractivity contribution in [3.05, 3.63) is 21.7 Å². The Kier molecular flexibility index (Phi) is 3.47. The highest BCUT2D eigenvalue weighted by Gasteiger charge is 2.24. The van der Waals surface area contributed by atoms with Crippen LogP contribution < -0.4 is 0 Å². The first-order valence-corrected chi connectivity index (χ1v) is 6.19. The van der Waals surface area contributed by atoms with Crippen molar-refractivity contribution in [1.29, 1.82) is 0 Å². The first kappa shape index (κ1) is 11.2. The van der Waals surface area contributed by atoms with Crippen molar-refractivity contribution in [1.82, 2.24) is 9.97 Å². The molecule has 1 saturated carbocycles. The van der Waals surface area contributed by atoms with Crippen LogP contribution in [0.2, 0.25) is 10.3 Å². The van der Waals surface area contributed by atoms with Crippen LogP contribution in [0, 0.1) is 0 Å². The fraction of sp³-hybridized carbons (Fsp3) is 0.636. The van der Waals surface area contributed by atoms with E-state index in [2.05, 4.69) is 16.9 Å². The Labute approximate surface area is 100 Å². The molecule has 1 aliphatic rings. The molecule has 0 spiro atoms. The summed E-state index contributed by atoms with van der Waals surface area (Å²) in [6.45, 7) is 2.09. The zero-order valence-electron chi connectivity index (χ0n) is 8.76. The predicted molar refractivity (Wildman–Crippen MR) is 62.6 cm³/mol. The van der Waals surface area contributed by atoms with Crippen molar-refractivity contribution >= 4 is 23.2 Å². The summed E-state index contributed by atoms with van der Waals surface area (Å²) in [5.74, 6) is 1.31. The van der Waals surface area contributed by atoms with Crippen LogP contribution in [0.1, 0.15) is 49.9 Å². The van der Waals surface area contributed by atoms with Gasteiger partial charge in [-0.2, -0.15) is 0 Å². The molecular formula is C11H14Cl2N2. The highest BCUT2D eigenvalue weighted by molar-refractivity contribution is 6.34. The average Bonchev–Trinajstić information content (AvgIpc) is 2.08. The van der Waals surface area contributed by atoms with Crippen LogP contribution in [0.15, 0.2) is 0 Å². The zero-order chi connectivity index (χ0) is 10.8. The molecule has 0 radical (unpaired) electrons. The Morgan fingerprint density at radius 1 is 1.20 bits per heavy atom. The molecule has 0 aliphatic heterocycles. The molecule has 0 saturated heterocycles. The van der Waals surface area contributed by atoms with E-state index < -0.39 is 0 Å². The fourth-order valence-electron chi connectivity index (χ4n) is 1.75. The highest BCUT2D eigenvalue weighted by atomic mass is 35.5.